The van der Waals surface area contributed by atoms with Crippen LogP contribution in [0.4, 0.5) is 0 Å². The molecule has 1 aromatic rings. The van der Waals surface area contributed by atoms with Gasteiger partial charge in [-0.3, -0.25) is 9.69 Å². The van der Waals surface area contributed by atoms with Crippen LogP contribution in [0.5, 0.6) is 0 Å². The zero-order valence-corrected chi connectivity index (χ0v) is 12.9. The molecule has 1 unspecified atom stereocenters. The van der Waals surface area contributed by atoms with Gasteiger partial charge in [0, 0.05) is 12.6 Å². The standard InChI is InChI=1S/C17H26N2O/c1-13-6-4-5-7-15(13)10-11-18-17(20)12-19(3)14(2)16-8-9-16/h4-7,14,16H,8-12H2,1-3H3,(H,18,20). The lowest BCUT2D eigenvalue weighted by Gasteiger charge is -2.23. The van der Waals surface area contributed by atoms with E-state index in [9.17, 15) is 4.79 Å². The zero-order chi connectivity index (χ0) is 14.5. The average molecular weight is 274 g/mol. The number of hydrogen-bond acceptors (Lipinski definition) is 2. The number of aryl methyl sites for hydroxylation is 1. The minimum absolute atomic E-state index is 0.133. The number of carbonyl (C=O) groups excluding carboxylic acids is 1. The third-order valence-corrected chi connectivity index (χ3v) is 4.37. The van der Waals surface area contributed by atoms with Gasteiger partial charge in [0.05, 0.1) is 6.54 Å². The summed E-state index contributed by atoms with van der Waals surface area (Å²) < 4.78 is 0. The van der Waals surface area contributed by atoms with E-state index in [0.717, 1.165) is 18.9 Å². The Bertz CT molecular complexity index is 454. The van der Waals surface area contributed by atoms with Crippen LogP contribution in [0, 0.1) is 12.8 Å². The van der Waals surface area contributed by atoms with Gasteiger partial charge < -0.3 is 5.32 Å². The number of nitrogens with one attached hydrogen (secondary N) is 1. The van der Waals surface area contributed by atoms with E-state index < -0.39 is 0 Å². The molecule has 1 aliphatic carbocycles. The molecule has 1 aromatic carbocycles. The third-order valence-electron chi connectivity index (χ3n) is 4.37. The number of benzene rings is 1. The predicted molar refractivity (Wildman–Crippen MR) is 82.7 cm³/mol. The maximum absolute atomic E-state index is 11.9. The van der Waals surface area contributed by atoms with Crippen LogP contribution in [0.2, 0.25) is 0 Å². The molecule has 1 saturated carbocycles. The summed E-state index contributed by atoms with van der Waals surface area (Å²) in [5.74, 6) is 0.938. The van der Waals surface area contributed by atoms with Crippen molar-refractivity contribution in [2.24, 2.45) is 5.92 Å². The fourth-order valence-corrected chi connectivity index (χ4v) is 2.59. The van der Waals surface area contributed by atoms with E-state index in [1.165, 1.54) is 24.0 Å². The Kier molecular flexibility index (Phi) is 5.18. The van der Waals surface area contributed by atoms with Crippen molar-refractivity contribution in [3.63, 3.8) is 0 Å². The lowest BCUT2D eigenvalue weighted by Crippen LogP contribution is -2.40. The zero-order valence-electron chi connectivity index (χ0n) is 12.9. The minimum Gasteiger partial charge on any atom is -0.355 e. The largest absolute Gasteiger partial charge is 0.355 e. The van der Waals surface area contributed by atoms with E-state index in [4.69, 9.17) is 0 Å². The van der Waals surface area contributed by atoms with E-state index in [-0.39, 0.29) is 5.91 Å². The van der Waals surface area contributed by atoms with Crippen molar-refractivity contribution < 1.29 is 4.79 Å². The Morgan fingerprint density at radius 3 is 2.75 bits per heavy atom. The first kappa shape index (κ1) is 15.0. The summed E-state index contributed by atoms with van der Waals surface area (Å²) >= 11 is 0. The fraction of sp³-hybridized carbons (Fsp3) is 0.588. The highest BCUT2D eigenvalue weighted by atomic mass is 16.2. The highest BCUT2D eigenvalue weighted by Crippen LogP contribution is 2.34. The van der Waals surface area contributed by atoms with Gasteiger partial charge in [-0.1, -0.05) is 24.3 Å². The molecule has 1 aliphatic rings. The molecule has 0 bridgehead atoms. The monoisotopic (exact) mass is 274 g/mol. The van der Waals surface area contributed by atoms with Crippen molar-refractivity contribution in [1.82, 2.24) is 10.2 Å². The summed E-state index contributed by atoms with van der Waals surface area (Å²) in [6.07, 6.45) is 3.54. The van der Waals surface area contributed by atoms with Gasteiger partial charge in [-0.15, -0.1) is 0 Å². The molecular weight excluding hydrogens is 248 g/mol. The summed E-state index contributed by atoms with van der Waals surface area (Å²) in [6.45, 7) is 5.56. The summed E-state index contributed by atoms with van der Waals surface area (Å²) in [5, 5.41) is 3.02. The molecule has 20 heavy (non-hydrogen) atoms. The van der Waals surface area contributed by atoms with Crippen LogP contribution in [0.15, 0.2) is 24.3 Å². The highest BCUT2D eigenvalue weighted by Gasteiger charge is 2.30. The molecule has 110 valence electrons. The Balaban J connectivity index is 1.68. The Morgan fingerprint density at radius 2 is 2.10 bits per heavy atom. The number of likely N-dealkylation sites (N-methyl/N-ethyl adjacent to an activating group) is 1. The maximum atomic E-state index is 11.9. The van der Waals surface area contributed by atoms with Gasteiger partial charge in [0.1, 0.15) is 0 Å². The Morgan fingerprint density at radius 1 is 1.40 bits per heavy atom. The van der Waals surface area contributed by atoms with Crippen molar-refractivity contribution in [3.8, 4) is 0 Å². The first-order valence-corrected chi connectivity index (χ1v) is 7.59. The van der Waals surface area contributed by atoms with Crippen LogP contribution in [0.3, 0.4) is 0 Å². The molecule has 1 fully saturated rings. The summed E-state index contributed by atoms with van der Waals surface area (Å²) in [5.41, 5.74) is 2.61. The van der Waals surface area contributed by atoms with Crippen molar-refractivity contribution >= 4 is 5.91 Å². The van der Waals surface area contributed by atoms with Gasteiger partial charge in [0.25, 0.3) is 0 Å². The molecule has 0 aromatic heterocycles. The van der Waals surface area contributed by atoms with Gasteiger partial charge >= 0.3 is 0 Å². The second kappa shape index (κ2) is 6.89. The van der Waals surface area contributed by atoms with E-state index >= 15 is 0 Å². The molecule has 1 atom stereocenters. The molecular formula is C17H26N2O. The topological polar surface area (TPSA) is 32.3 Å². The summed E-state index contributed by atoms with van der Waals surface area (Å²) in [6, 6.07) is 8.86. The van der Waals surface area contributed by atoms with Gasteiger partial charge in [-0.05, 0) is 57.2 Å². The molecule has 0 spiro atoms. The first-order valence-electron chi connectivity index (χ1n) is 7.59. The summed E-state index contributed by atoms with van der Waals surface area (Å²) in [4.78, 5) is 14.1. The molecule has 0 saturated heterocycles. The van der Waals surface area contributed by atoms with Crippen molar-refractivity contribution in [2.75, 3.05) is 20.1 Å². The molecule has 3 nitrogen and oxygen atoms in total. The Labute approximate surface area is 122 Å². The first-order chi connectivity index (χ1) is 9.58. The quantitative estimate of drug-likeness (QED) is 0.828. The Hall–Kier alpha value is -1.35. The van der Waals surface area contributed by atoms with Gasteiger partial charge in [0.2, 0.25) is 5.91 Å². The molecule has 0 radical (unpaired) electrons. The van der Waals surface area contributed by atoms with Crippen LogP contribution >= 0.6 is 0 Å². The van der Waals surface area contributed by atoms with Crippen LogP contribution in [-0.2, 0) is 11.2 Å². The van der Waals surface area contributed by atoms with E-state index in [1.54, 1.807) is 0 Å². The normalized spacial score (nSPS) is 16.2. The predicted octanol–water partition coefficient (Wildman–Crippen LogP) is 2.38. The number of hydrogen-bond donors (Lipinski definition) is 1. The van der Waals surface area contributed by atoms with E-state index in [0.29, 0.717) is 12.6 Å². The second-order valence-electron chi connectivity index (χ2n) is 6.02. The van der Waals surface area contributed by atoms with Crippen LogP contribution in [0.1, 0.15) is 30.9 Å². The molecule has 1 N–H and O–H groups in total. The van der Waals surface area contributed by atoms with Crippen LogP contribution in [-0.4, -0.2) is 37.0 Å². The van der Waals surface area contributed by atoms with Crippen molar-refractivity contribution in [3.05, 3.63) is 35.4 Å². The lowest BCUT2D eigenvalue weighted by molar-refractivity contribution is -0.122. The SMILES string of the molecule is Cc1ccccc1CCNC(=O)CN(C)C(C)C1CC1. The molecule has 1 amide bonds. The highest BCUT2D eigenvalue weighted by molar-refractivity contribution is 5.78. The van der Waals surface area contributed by atoms with E-state index in [2.05, 4.69) is 42.3 Å². The smallest absolute Gasteiger partial charge is 0.234 e. The molecule has 2 rings (SSSR count). The van der Waals surface area contributed by atoms with E-state index in [1.807, 2.05) is 13.1 Å². The third kappa shape index (κ3) is 4.34. The van der Waals surface area contributed by atoms with Gasteiger partial charge in [-0.25, -0.2) is 0 Å². The lowest BCUT2D eigenvalue weighted by atomic mass is 10.1. The number of rotatable bonds is 7. The molecule has 0 heterocycles. The number of carbonyl (C=O) groups is 1. The average Bonchev–Trinajstić information content (AvgIpc) is 3.24. The van der Waals surface area contributed by atoms with Crippen molar-refractivity contribution in [2.45, 2.75) is 39.2 Å². The second-order valence-corrected chi connectivity index (χ2v) is 6.02. The fourth-order valence-electron chi connectivity index (χ4n) is 2.59. The number of amides is 1. The van der Waals surface area contributed by atoms with Crippen molar-refractivity contribution in [1.29, 1.82) is 0 Å². The molecule has 0 aliphatic heterocycles. The molecule has 3 heteroatoms. The van der Waals surface area contributed by atoms with Crippen LogP contribution in [0.25, 0.3) is 0 Å². The van der Waals surface area contributed by atoms with Gasteiger partial charge in [0.15, 0.2) is 0 Å². The number of nitrogens with zero attached hydrogens (tertiary/aromatic N) is 1. The minimum atomic E-state index is 0.133. The maximum Gasteiger partial charge on any atom is 0.234 e. The van der Waals surface area contributed by atoms with Crippen LogP contribution < -0.4 is 5.32 Å². The van der Waals surface area contributed by atoms with Gasteiger partial charge in [-0.2, -0.15) is 0 Å². The summed E-state index contributed by atoms with van der Waals surface area (Å²) in [7, 11) is 2.05.